The molecule has 0 bridgehead atoms. The van der Waals surface area contributed by atoms with Gasteiger partial charge >= 0.3 is 0 Å². The number of aliphatic hydroxyl groups excluding tert-OH is 1. The van der Waals surface area contributed by atoms with E-state index in [1.165, 1.54) is 18.0 Å². The lowest BCUT2D eigenvalue weighted by Gasteiger charge is -2.38. The van der Waals surface area contributed by atoms with E-state index < -0.39 is 17.7 Å². The molecule has 28 heavy (non-hydrogen) atoms. The summed E-state index contributed by atoms with van der Waals surface area (Å²) in [5, 5.41) is 33.7. The smallest absolute Gasteiger partial charge is 0.252 e. The number of hydrazone groups is 1. The number of rotatable bonds is 5. The molecule has 9 heteroatoms. The van der Waals surface area contributed by atoms with Crippen LogP contribution in [0.25, 0.3) is 0 Å². The number of nitrogens with zero attached hydrogens (tertiary/aromatic N) is 4. The lowest BCUT2D eigenvalue weighted by molar-refractivity contribution is -0.120. The number of carbonyl (C=O) groups is 1. The van der Waals surface area contributed by atoms with Crippen molar-refractivity contribution >= 4 is 28.9 Å². The Morgan fingerprint density at radius 3 is 2.61 bits per heavy atom. The minimum Gasteiger partial charge on any atom is -0.394 e. The molecule has 2 aromatic rings. The van der Waals surface area contributed by atoms with Gasteiger partial charge in [-0.3, -0.25) is 9.48 Å². The fourth-order valence-electron chi connectivity index (χ4n) is 2.84. The highest BCUT2D eigenvalue weighted by atomic mass is 35.5. The molecule has 2 heterocycles. The number of anilines is 1. The molecule has 0 radical (unpaired) electrons. The van der Waals surface area contributed by atoms with E-state index in [0.717, 1.165) is 5.56 Å². The molecule has 0 aliphatic carbocycles. The predicted molar refractivity (Wildman–Crippen MR) is 107 cm³/mol. The largest absolute Gasteiger partial charge is 0.394 e. The van der Waals surface area contributed by atoms with Crippen LogP contribution in [-0.2, 0) is 11.8 Å². The SMILES string of the molecule is CC(CO)NC(=O)C1=CC(c2ccc(Cl)cc2)=NN(c2cnn(C)c2)C1(C)O. The molecular formula is C19H22ClN5O3. The summed E-state index contributed by atoms with van der Waals surface area (Å²) in [7, 11) is 1.75. The Balaban J connectivity index is 2.09. The summed E-state index contributed by atoms with van der Waals surface area (Å²) in [4.78, 5) is 12.8. The maximum atomic E-state index is 12.8. The quantitative estimate of drug-likeness (QED) is 0.700. The lowest BCUT2D eigenvalue weighted by atomic mass is 9.96. The van der Waals surface area contributed by atoms with E-state index in [-0.39, 0.29) is 12.2 Å². The van der Waals surface area contributed by atoms with Crippen LogP contribution in [0.4, 0.5) is 5.69 Å². The van der Waals surface area contributed by atoms with Gasteiger partial charge in [0.25, 0.3) is 5.91 Å². The van der Waals surface area contributed by atoms with Crippen LogP contribution >= 0.6 is 11.6 Å². The van der Waals surface area contributed by atoms with E-state index in [2.05, 4.69) is 15.5 Å². The van der Waals surface area contributed by atoms with Gasteiger partial charge in [-0.05, 0) is 32.1 Å². The normalized spacial score (nSPS) is 20.4. The summed E-state index contributed by atoms with van der Waals surface area (Å²) >= 11 is 5.97. The van der Waals surface area contributed by atoms with Gasteiger partial charge in [0.2, 0.25) is 0 Å². The predicted octanol–water partition coefficient (Wildman–Crippen LogP) is 1.43. The molecule has 1 aliphatic rings. The summed E-state index contributed by atoms with van der Waals surface area (Å²) in [6.45, 7) is 2.94. The van der Waals surface area contributed by atoms with E-state index in [1.54, 1.807) is 55.3 Å². The molecule has 2 atom stereocenters. The average molecular weight is 404 g/mol. The van der Waals surface area contributed by atoms with Crippen molar-refractivity contribution < 1.29 is 15.0 Å². The van der Waals surface area contributed by atoms with Crippen LogP contribution in [0.2, 0.25) is 5.02 Å². The molecule has 1 amide bonds. The van der Waals surface area contributed by atoms with Gasteiger partial charge in [0.05, 0.1) is 24.1 Å². The van der Waals surface area contributed by atoms with Gasteiger partial charge in [0, 0.05) is 29.9 Å². The van der Waals surface area contributed by atoms with Crippen molar-refractivity contribution in [2.45, 2.75) is 25.6 Å². The van der Waals surface area contributed by atoms with Crippen molar-refractivity contribution in [1.82, 2.24) is 15.1 Å². The van der Waals surface area contributed by atoms with E-state index in [4.69, 9.17) is 11.6 Å². The van der Waals surface area contributed by atoms with Crippen molar-refractivity contribution in [3.05, 3.63) is 58.9 Å². The Bertz CT molecular complexity index is 933. The molecule has 2 unspecified atom stereocenters. The number of aromatic nitrogens is 2. The first-order chi connectivity index (χ1) is 13.2. The first-order valence-corrected chi connectivity index (χ1v) is 9.10. The molecule has 1 aromatic carbocycles. The second-order valence-electron chi connectivity index (χ2n) is 6.81. The average Bonchev–Trinajstić information content (AvgIpc) is 3.07. The molecule has 1 aliphatic heterocycles. The molecule has 0 spiro atoms. The van der Waals surface area contributed by atoms with Gasteiger partial charge < -0.3 is 15.5 Å². The maximum Gasteiger partial charge on any atom is 0.252 e. The third-order valence-corrected chi connectivity index (χ3v) is 4.64. The molecule has 148 valence electrons. The van der Waals surface area contributed by atoms with Gasteiger partial charge in [-0.2, -0.15) is 10.2 Å². The maximum absolute atomic E-state index is 12.8. The number of carbonyl (C=O) groups excluding carboxylic acids is 1. The highest BCUT2D eigenvalue weighted by Gasteiger charge is 2.41. The van der Waals surface area contributed by atoms with Crippen LogP contribution in [0.3, 0.4) is 0 Å². The van der Waals surface area contributed by atoms with Crippen molar-refractivity contribution in [2.24, 2.45) is 12.1 Å². The Kier molecular flexibility index (Phi) is 5.55. The Morgan fingerprint density at radius 2 is 2.04 bits per heavy atom. The third kappa shape index (κ3) is 3.94. The van der Waals surface area contributed by atoms with E-state index in [9.17, 15) is 15.0 Å². The van der Waals surface area contributed by atoms with E-state index in [0.29, 0.717) is 16.4 Å². The zero-order chi connectivity index (χ0) is 20.5. The molecule has 8 nitrogen and oxygen atoms in total. The highest BCUT2D eigenvalue weighted by molar-refractivity contribution is 6.30. The number of hydrogen-bond donors (Lipinski definition) is 3. The number of allylic oxidation sites excluding steroid dienone is 1. The van der Waals surface area contributed by atoms with Gasteiger partial charge in [0.1, 0.15) is 5.69 Å². The summed E-state index contributed by atoms with van der Waals surface area (Å²) in [6, 6.07) is 6.55. The second kappa shape index (κ2) is 7.75. The van der Waals surface area contributed by atoms with Crippen LogP contribution in [0.1, 0.15) is 19.4 Å². The first kappa shape index (κ1) is 20.1. The van der Waals surface area contributed by atoms with Crippen molar-refractivity contribution in [1.29, 1.82) is 0 Å². The van der Waals surface area contributed by atoms with Gasteiger partial charge in [-0.25, -0.2) is 5.01 Å². The third-order valence-electron chi connectivity index (χ3n) is 4.38. The molecule has 0 fully saturated rings. The molecule has 3 N–H and O–H groups in total. The van der Waals surface area contributed by atoms with E-state index >= 15 is 0 Å². The second-order valence-corrected chi connectivity index (χ2v) is 7.25. The number of hydrogen-bond acceptors (Lipinski definition) is 6. The Morgan fingerprint density at radius 1 is 1.36 bits per heavy atom. The van der Waals surface area contributed by atoms with Gasteiger partial charge in [-0.1, -0.05) is 23.7 Å². The fourth-order valence-corrected chi connectivity index (χ4v) is 2.96. The van der Waals surface area contributed by atoms with Crippen LogP contribution in [-0.4, -0.2) is 50.0 Å². The summed E-state index contributed by atoms with van der Waals surface area (Å²) in [6.07, 6.45) is 4.78. The van der Waals surface area contributed by atoms with Crippen molar-refractivity contribution in [2.75, 3.05) is 11.6 Å². The van der Waals surface area contributed by atoms with Gasteiger partial charge in [-0.15, -0.1) is 0 Å². The lowest BCUT2D eigenvalue weighted by Crippen LogP contribution is -2.53. The zero-order valence-corrected chi connectivity index (χ0v) is 16.6. The molecular weight excluding hydrogens is 382 g/mol. The fraction of sp³-hybridized carbons (Fsp3) is 0.316. The van der Waals surface area contributed by atoms with Crippen molar-refractivity contribution in [3.8, 4) is 0 Å². The number of aryl methyl sites for hydroxylation is 1. The molecule has 0 saturated carbocycles. The highest BCUT2D eigenvalue weighted by Crippen LogP contribution is 2.32. The number of amides is 1. The standard InChI is InChI=1S/C19H22ClN5O3/c1-12(11-26)22-18(27)16-8-17(13-4-6-14(20)7-5-13)23-25(19(16,2)28)15-9-21-24(3)10-15/h4-10,12,26,28H,11H2,1-3H3,(H,22,27). The van der Waals surface area contributed by atoms with Crippen LogP contribution in [0, 0.1) is 0 Å². The van der Waals surface area contributed by atoms with Crippen LogP contribution in [0.15, 0.2) is 53.4 Å². The summed E-state index contributed by atoms with van der Waals surface area (Å²) < 4.78 is 1.58. The van der Waals surface area contributed by atoms with Gasteiger partial charge in [0.15, 0.2) is 5.72 Å². The minimum atomic E-state index is -1.72. The first-order valence-electron chi connectivity index (χ1n) is 8.72. The van der Waals surface area contributed by atoms with Crippen molar-refractivity contribution in [3.63, 3.8) is 0 Å². The number of nitrogens with one attached hydrogen (secondary N) is 1. The van der Waals surface area contributed by atoms with E-state index in [1.807, 2.05) is 0 Å². The molecule has 1 aromatic heterocycles. The minimum absolute atomic E-state index is 0.0941. The topological polar surface area (TPSA) is 103 Å². The number of aliphatic hydroxyl groups is 2. The number of halogens is 1. The molecule has 3 rings (SSSR count). The summed E-state index contributed by atoms with van der Waals surface area (Å²) in [5.74, 6) is -0.498. The van der Waals surface area contributed by atoms with Crippen LogP contribution < -0.4 is 10.3 Å². The Hall–Kier alpha value is -2.68. The molecule has 0 saturated heterocycles. The monoisotopic (exact) mass is 403 g/mol. The zero-order valence-electron chi connectivity index (χ0n) is 15.8. The summed E-state index contributed by atoms with van der Waals surface area (Å²) in [5.41, 5.74) is 0.102. The van der Waals surface area contributed by atoms with Crippen LogP contribution in [0.5, 0.6) is 0 Å². The number of benzene rings is 1. The Labute approximate surface area is 167 Å².